The molecule has 1 heterocycles. The summed E-state index contributed by atoms with van der Waals surface area (Å²) in [5, 5.41) is 0. The fourth-order valence-electron chi connectivity index (χ4n) is 8.85. The van der Waals surface area contributed by atoms with Crippen LogP contribution in [0.2, 0.25) is 0 Å². The van der Waals surface area contributed by atoms with E-state index in [1.165, 1.54) is 12.0 Å². The normalized spacial score (nSPS) is 54.2. The fourth-order valence-corrected chi connectivity index (χ4v) is 8.85. The lowest BCUT2D eigenvalue weighted by molar-refractivity contribution is -0.178. The van der Waals surface area contributed by atoms with E-state index in [1.54, 1.807) is 0 Å². The minimum Gasteiger partial charge on any atom is -0.458 e. The van der Waals surface area contributed by atoms with Crippen molar-refractivity contribution < 1.29 is 14.3 Å². The van der Waals surface area contributed by atoms with Gasteiger partial charge in [-0.3, -0.25) is 9.59 Å². The number of ketones is 1. The summed E-state index contributed by atoms with van der Waals surface area (Å²) in [6, 6.07) is 0. The first-order valence-corrected chi connectivity index (χ1v) is 11.2. The first-order valence-electron chi connectivity index (χ1n) is 11.2. The molecule has 0 N–H and O–H groups in total. The van der Waals surface area contributed by atoms with Crippen LogP contribution in [-0.2, 0) is 14.3 Å². The van der Waals surface area contributed by atoms with Gasteiger partial charge in [0.2, 0.25) is 0 Å². The molecule has 0 radical (unpaired) electrons. The fraction of sp³-hybridized carbons (Fsp3) is 0.833. The van der Waals surface area contributed by atoms with Gasteiger partial charge in [-0.05, 0) is 79.6 Å². The molecule has 0 bridgehead atoms. The number of carbonyl (C=O) groups excluding carboxylic acids is 2. The summed E-state index contributed by atoms with van der Waals surface area (Å²) in [5.41, 5.74) is 1.54. The molecule has 0 aromatic heterocycles. The first-order chi connectivity index (χ1) is 12.7. The number of hydrogen-bond donors (Lipinski definition) is 0. The molecule has 1 aliphatic heterocycles. The van der Waals surface area contributed by atoms with Gasteiger partial charge >= 0.3 is 5.97 Å². The highest BCUT2D eigenvalue weighted by Crippen LogP contribution is 2.71. The summed E-state index contributed by atoms with van der Waals surface area (Å²) in [4.78, 5) is 24.2. The van der Waals surface area contributed by atoms with Crippen LogP contribution in [0.3, 0.4) is 0 Å². The van der Waals surface area contributed by atoms with E-state index < -0.39 is 0 Å². The van der Waals surface area contributed by atoms with Gasteiger partial charge < -0.3 is 4.74 Å². The smallest absolute Gasteiger partial charge is 0.306 e. The largest absolute Gasteiger partial charge is 0.458 e. The van der Waals surface area contributed by atoms with Gasteiger partial charge in [0.15, 0.2) is 5.78 Å². The maximum Gasteiger partial charge on any atom is 0.306 e. The van der Waals surface area contributed by atoms with Crippen LogP contribution in [0.15, 0.2) is 11.6 Å². The molecule has 5 rings (SSSR count). The second-order valence-electron chi connectivity index (χ2n) is 11.1. The van der Waals surface area contributed by atoms with E-state index in [0.717, 1.165) is 32.1 Å². The summed E-state index contributed by atoms with van der Waals surface area (Å²) < 4.78 is 6.10. The van der Waals surface area contributed by atoms with Crippen LogP contribution < -0.4 is 0 Å². The lowest BCUT2D eigenvalue weighted by Gasteiger charge is -2.63. The summed E-state index contributed by atoms with van der Waals surface area (Å²) in [5.74, 6) is 3.56. The zero-order valence-corrected chi connectivity index (χ0v) is 17.3. The van der Waals surface area contributed by atoms with Crippen molar-refractivity contribution in [1.82, 2.24) is 0 Å². The van der Waals surface area contributed by atoms with Crippen molar-refractivity contribution in [2.24, 2.45) is 40.4 Å². The topological polar surface area (TPSA) is 43.4 Å². The van der Waals surface area contributed by atoms with Crippen LogP contribution in [0.5, 0.6) is 0 Å². The Bertz CT molecular complexity index is 738. The number of rotatable bonds is 0. The highest BCUT2D eigenvalue weighted by atomic mass is 16.6. The molecular formula is C24H34O3. The minimum atomic E-state index is -0.201. The third-order valence-corrected chi connectivity index (χ3v) is 9.89. The molecule has 0 aromatic carbocycles. The van der Waals surface area contributed by atoms with Gasteiger partial charge in [0.1, 0.15) is 5.60 Å². The Morgan fingerprint density at radius 1 is 1.04 bits per heavy atom. The molecule has 8 atom stereocenters. The van der Waals surface area contributed by atoms with Crippen LogP contribution in [-0.4, -0.2) is 17.4 Å². The molecule has 4 unspecified atom stereocenters. The maximum absolute atomic E-state index is 12.1. The van der Waals surface area contributed by atoms with Crippen LogP contribution in [0, 0.1) is 40.4 Å². The predicted molar refractivity (Wildman–Crippen MR) is 104 cm³/mol. The number of allylic oxidation sites excluding steroid dienone is 1. The second kappa shape index (κ2) is 5.48. The lowest BCUT2D eigenvalue weighted by Crippen LogP contribution is -2.59. The zero-order chi connectivity index (χ0) is 19.2. The number of ether oxygens (including phenoxy) is 1. The Balaban J connectivity index is 1.57. The Kier molecular flexibility index (Phi) is 3.64. The van der Waals surface area contributed by atoms with E-state index >= 15 is 0 Å². The molecule has 3 saturated carbocycles. The summed E-state index contributed by atoms with van der Waals surface area (Å²) >= 11 is 0. The monoisotopic (exact) mass is 370 g/mol. The number of fused-ring (bicyclic) bond motifs is 6. The van der Waals surface area contributed by atoms with Crippen molar-refractivity contribution in [3.05, 3.63) is 11.6 Å². The van der Waals surface area contributed by atoms with E-state index in [9.17, 15) is 9.59 Å². The van der Waals surface area contributed by atoms with Crippen molar-refractivity contribution >= 4 is 11.8 Å². The highest BCUT2D eigenvalue weighted by Gasteiger charge is 2.69. The SMILES string of the molecule is C[C@@H]1CC2=CC(=O)CC[C@]2(C)C2C1C1CCC3(CCC(=O)O3)[C@@]1(C)C[C@H]2C. The Labute approximate surface area is 163 Å². The molecule has 0 aromatic rings. The molecule has 4 fully saturated rings. The Morgan fingerprint density at radius 2 is 1.81 bits per heavy atom. The first kappa shape index (κ1) is 17.9. The van der Waals surface area contributed by atoms with E-state index in [1.807, 2.05) is 6.08 Å². The standard InChI is InChI=1S/C24H34O3/c1-14-11-16-12-17(25)5-8-22(16,3)21-15(2)13-23(4)18(20(14)21)6-9-24(23)10-7-19(26)27-24/h12,14-15,18,20-21H,5-11,13H2,1-4H3/t14-,15-,18?,20?,21?,22+,23+,24?/m1/s1. The van der Waals surface area contributed by atoms with Crippen molar-refractivity contribution in [2.45, 2.75) is 84.7 Å². The van der Waals surface area contributed by atoms with Gasteiger partial charge in [-0.2, -0.15) is 0 Å². The lowest BCUT2D eigenvalue weighted by atomic mass is 9.42. The minimum absolute atomic E-state index is 0.0197. The third kappa shape index (κ3) is 2.15. The van der Waals surface area contributed by atoms with E-state index in [2.05, 4.69) is 27.7 Å². The quantitative estimate of drug-likeness (QED) is 0.558. The summed E-state index contributed by atoms with van der Waals surface area (Å²) in [6.45, 7) is 9.76. The number of esters is 1. The molecule has 1 spiro atoms. The van der Waals surface area contributed by atoms with Crippen molar-refractivity contribution in [3.8, 4) is 0 Å². The average Bonchev–Trinajstić information content (AvgIpc) is 3.10. The van der Waals surface area contributed by atoms with Gasteiger partial charge in [0.25, 0.3) is 0 Å². The molecule has 5 aliphatic rings. The van der Waals surface area contributed by atoms with Crippen LogP contribution in [0.1, 0.15) is 79.1 Å². The Morgan fingerprint density at radius 3 is 2.52 bits per heavy atom. The number of hydrogen-bond acceptors (Lipinski definition) is 3. The zero-order valence-electron chi connectivity index (χ0n) is 17.3. The predicted octanol–water partition coefficient (Wildman–Crippen LogP) is 5.09. The molecule has 1 saturated heterocycles. The van der Waals surface area contributed by atoms with Gasteiger partial charge in [-0.25, -0.2) is 0 Å². The van der Waals surface area contributed by atoms with Crippen molar-refractivity contribution in [2.75, 3.05) is 0 Å². The molecule has 148 valence electrons. The third-order valence-electron chi connectivity index (χ3n) is 9.89. The van der Waals surface area contributed by atoms with Crippen molar-refractivity contribution in [3.63, 3.8) is 0 Å². The van der Waals surface area contributed by atoms with E-state index in [-0.39, 0.29) is 22.4 Å². The van der Waals surface area contributed by atoms with Gasteiger partial charge in [-0.1, -0.05) is 33.3 Å². The molecule has 3 nitrogen and oxygen atoms in total. The average molecular weight is 371 g/mol. The van der Waals surface area contributed by atoms with Crippen molar-refractivity contribution in [1.29, 1.82) is 0 Å². The van der Waals surface area contributed by atoms with Gasteiger partial charge in [0.05, 0.1) is 0 Å². The van der Waals surface area contributed by atoms with Gasteiger partial charge in [0, 0.05) is 18.3 Å². The van der Waals surface area contributed by atoms with E-state index in [4.69, 9.17) is 4.74 Å². The molecule has 3 heteroatoms. The number of carbonyl (C=O) groups is 2. The van der Waals surface area contributed by atoms with Crippen LogP contribution in [0.25, 0.3) is 0 Å². The van der Waals surface area contributed by atoms with Crippen LogP contribution in [0.4, 0.5) is 0 Å². The van der Waals surface area contributed by atoms with Gasteiger partial charge in [-0.15, -0.1) is 0 Å². The highest BCUT2D eigenvalue weighted by molar-refractivity contribution is 5.91. The molecule has 27 heavy (non-hydrogen) atoms. The molecule has 4 aliphatic carbocycles. The summed E-state index contributed by atoms with van der Waals surface area (Å²) in [7, 11) is 0. The van der Waals surface area contributed by atoms with Crippen LogP contribution >= 0.6 is 0 Å². The Hall–Kier alpha value is -1.12. The van der Waals surface area contributed by atoms with E-state index in [0.29, 0.717) is 48.2 Å². The maximum atomic E-state index is 12.1. The molecule has 0 amide bonds. The summed E-state index contributed by atoms with van der Waals surface area (Å²) in [6.07, 6.45) is 9.78. The second-order valence-corrected chi connectivity index (χ2v) is 11.1. The molecular weight excluding hydrogens is 336 g/mol.